The maximum Gasteiger partial charge on any atom is 0.214 e. The van der Waals surface area contributed by atoms with Crippen molar-refractivity contribution >= 4 is 44.0 Å². The molecule has 2 aliphatic rings. The molecule has 0 saturated carbocycles. The fourth-order valence-corrected chi connectivity index (χ4v) is 4.61. The van der Waals surface area contributed by atoms with Crippen LogP contribution in [0.4, 0.5) is 5.13 Å². The lowest BCUT2D eigenvalue weighted by atomic mass is 9.83. The van der Waals surface area contributed by atoms with Gasteiger partial charge in [0.1, 0.15) is 3.70 Å². The number of hydrogen-bond acceptors (Lipinski definition) is 5. The number of nitrogens with zero attached hydrogens (tertiary/aromatic N) is 4. The maximum absolute atomic E-state index is 6.19. The van der Waals surface area contributed by atoms with Crippen LogP contribution in [-0.2, 0) is 0 Å². The monoisotopic (exact) mass is 387 g/mol. The minimum absolute atomic E-state index is 0.202. The molecule has 1 aliphatic heterocycles. The molecule has 5 nitrogen and oxygen atoms in total. The summed E-state index contributed by atoms with van der Waals surface area (Å²) in [6.07, 6.45) is 7.39. The Kier molecular flexibility index (Phi) is 2.82. The molecule has 3 atom stereocenters. The highest BCUT2D eigenvalue weighted by Crippen LogP contribution is 2.36. The Hall–Kier alpha value is -0.670. The molecule has 1 aliphatic carbocycles. The van der Waals surface area contributed by atoms with E-state index in [-0.39, 0.29) is 6.04 Å². The number of halogens is 1. The van der Waals surface area contributed by atoms with Crippen LogP contribution in [0.5, 0.6) is 0 Å². The molecule has 0 spiro atoms. The molecule has 2 N–H and O–H groups in total. The number of aromatic nitrogens is 3. The van der Waals surface area contributed by atoms with Gasteiger partial charge < -0.3 is 10.6 Å². The Labute approximate surface area is 128 Å². The van der Waals surface area contributed by atoms with Crippen molar-refractivity contribution in [2.45, 2.75) is 12.5 Å². The molecule has 0 bridgehead atoms. The summed E-state index contributed by atoms with van der Waals surface area (Å²) in [5.41, 5.74) is 6.19. The van der Waals surface area contributed by atoms with Crippen molar-refractivity contribution in [3.63, 3.8) is 0 Å². The van der Waals surface area contributed by atoms with Crippen LogP contribution in [0.1, 0.15) is 6.42 Å². The molecule has 0 amide bonds. The second kappa shape index (κ2) is 4.42. The smallest absolute Gasteiger partial charge is 0.214 e. The number of allylic oxidation sites excluding steroid dienone is 1. The first kappa shape index (κ1) is 12.1. The summed E-state index contributed by atoms with van der Waals surface area (Å²) in [6.45, 7) is 2.08. The Morgan fingerprint density at radius 2 is 2.32 bits per heavy atom. The Bertz CT molecular complexity index is 648. The Morgan fingerprint density at radius 3 is 3.11 bits per heavy atom. The summed E-state index contributed by atoms with van der Waals surface area (Å²) in [7, 11) is 0. The van der Waals surface area contributed by atoms with Crippen molar-refractivity contribution in [3.8, 4) is 0 Å². The predicted octanol–water partition coefficient (Wildman–Crippen LogP) is 1.74. The van der Waals surface area contributed by atoms with Crippen molar-refractivity contribution in [1.29, 1.82) is 0 Å². The van der Waals surface area contributed by atoms with Gasteiger partial charge in [0.15, 0.2) is 0 Å². The summed E-state index contributed by atoms with van der Waals surface area (Å²) in [6, 6.07) is 0.202. The zero-order valence-corrected chi connectivity index (χ0v) is 13.2. The van der Waals surface area contributed by atoms with Crippen LogP contribution in [0.25, 0.3) is 4.96 Å². The third-order valence-corrected chi connectivity index (χ3v) is 5.81. The van der Waals surface area contributed by atoms with Gasteiger partial charge in [-0.3, -0.25) is 0 Å². The van der Waals surface area contributed by atoms with E-state index >= 15 is 0 Å². The van der Waals surface area contributed by atoms with E-state index in [1.807, 2.05) is 10.7 Å². The second-order valence-electron chi connectivity index (χ2n) is 5.23. The fraction of sp³-hybridized carbons (Fsp3) is 0.500. The molecule has 100 valence electrons. The lowest BCUT2D eigenvalue weighted by Crippen LogP contribution is -2.35. The van der Waals surface area contributed by atoms with Crippen LogP contribution in [0.3, 0.4) is 0 Å². The van der Waals surface area contributed by atoms with E-state index in [9.17, 15) is 0 Å². The van der Waals surface area contributed by atoms with Gasteiger partial charge in [-0.05, 0) is 40.8 Å². The van der Waals surface area contributed by atoms with Crippen molar-refractivity contribution in [1.82, 2.24) is 14.6 Å². The maximum atomic E-state index is 6.19. The highest BCUT2D eigenvalue weighted by Gasteiger charge is 2.38. The SMILES string of the molecule is N[C@@H]1C=CC[C@@H]2CN(c3nn4c(I)cnc4s3)C[C@@H]21. The molecule has 4 rings (SSSR count). The summed E-state index contributed by atoms with van der Waals surface area (Å²) in [5, 5.41) is 5.74. The van der Waals surface area contributed by atoms with E-state index in [0.29, 0.717) is 11.8 Å². The molecule has 3 heterocycles. The number of rotatable bonds is 1. The van der Waals surface area contributed by atoms with E-state index < -0.39 is 0 Å². The van der Waals surface area contributed by atoms with Gasteiger partial charge in [-0.15, -0.1) is 5.10 Å². The van der Waals surface area contributed by atoms with E-state index in [1.165, 1.54) is 0 Å². The zero-order chi connectivity index (χ0) is 13.0. The molecule has 1 saturated heterocycles. The highest BCUT2D eigenvalue weighted by atomic mass is 127. The molecule has 0 aromatic carbocycles. The van der Waals surface area contributed by atoms with Crippen molar-refractivity contribution in [3.05, 3.63) is 22.0 Å². The largest absolute Gasteiger partial charge is 0.346 e. The molecule has 2 aromatic rings. The molecule has 0 radical (unpaired) electrons. The van der Waals surface area contributed by atoms with Gasteiger partial charge in [0, 0.05) is 19.1 Å². The van der Waals surface area contributed by atoms with Crippen LogP contribution in [0.2, 0.25) is 0 Å². The minimum Gasteiger partial charge on any atom is -0.346 e. The highest BCUT2D eigenvalue weighted by molar-refractivity contribution is 14.1. The molecular weight excluding hydrogens is 373 g/mol. The van der Waals surface area contributed by atoms with E-state index in [2.05, 4.69) is 49.7 Å². The van der Waals surface area contributed by atoms with Crippen molar-refractivity contribution < 1.29 is 0 Å². The van der Waals surface area contributed by atoms with Gasteiger partial charge in [0.2, 0.25) is 10.1 Å². The zero-order valence-electron chi connectivity index (χ0n) is 10.2. The summed E-state index contributed by atoms with van der Waals surface area (Å²) < 4.78 is 2.98. The summed E-state index contributed by atoms with van der Waals surface area (Å²) >= 11 is 3.92. The van der Waals surface area contributed by atoms with E-state index in [4.69, 9.17) is 5.73 Å². The third kappa shape index (κ3) is 1.90. The van der Waals surface area contributed by atoms with Crippen LogP contribution >= 0.6 is 33.9 Å². The summed E-state index contributed by atoms with van der Waals surface area (Å²) in [5.74, 6) is 1.25. The number of nitrogens with two attached hydrogens (primary N) is 1. The van der Waals surface area contributed by atoms with Gasteiger partial charge in [-0.25, -0.2) is 4.98 Å². The standard InChI is InChI=1S/C12H14IN5S/c13-10-4-15-11-18(10)16-12(19-11)17-5-7-2-1-3-9(14)8(7)6-17/h1,3-4,7-9H,2,5-6,14H2/t7-,8+,9-/m1/s1. The molecule has 19 heavy (non-hydrogen) atoms. The van der Waals surface area contributed by atoms with Gasteiger partial charge >= 0.3 is 0 Å². The normalized spacial score (nSPS) is 30.2. The average molecular weight is 387 g/mol. The number of hydrogen-bond donors (Lipinski definition) is 1. The van der Waals surface area contributed by atoms with E-state index in [1.54, 1.807) is 11.3 Å². The van der Waals surface area contributed by atoms with Crippen LogP contribution in [0, 0.1) is 15.5 Å². The first-order valence-electron chi connectivity index (χ1n) is 6.39. The molecule has 7 heteroatoms. The third-order valence-electron chi connectivity index (χ3n) is 4.09. The quantitative estimate of drug-likeness (QED) is 0.598. The first-order valence-corrected chi connectivity index (χ1v) is 8.29. The van der Waals surface area contributed by atoms with Crippen LogP contribution in [-0.4, -0.2) is 33.7 Å². The summed E-state index contributed by atoms with van der Waals surface area (Å²) in [4.78, 5) is 7.71. The van der Waals surface area contributed by atoms with Gasteiger partial charge in [-0.1, -0.05) is 23.5 Å². The lowest BCUT2D eigenvalue weighted by molar-refractivity contribution is 0.371. The number of imidazole rings is 1. The predicted molar refractivity (Wildman–Crippen MR) is 84.5 cm³/mol. The van der Waals surface area contributed by atoms with Crippen LogP contribution in [0.15, 0.2) is 18.3 Å². The fourth-order valence-electron chi connectivity index (χ4n) is 3.08. The molecule has 2 aromatic heterocycles. The van der Waals surface area contributed by atoms with Crippen molar-refractivity contribution in [2.75, 3.05) is 18.0 Å². The minimum atomic E-state index is 0.202. The molecular formula is C12H14IN5S. The van der Waals surface area contributed by atoms with Gasteiger partial charge in [0.05, 0.1) is 6.20 Å². The average Bonchev–Trinajstić information content (AvgIpc) is 3.05. The Morgan fingerprint density at radius 1 is 1.42 bits per heavy atom. The van der Waals surface area contributed by atoms with Crippen molar-refractivity contribution in [2.24, 2.45) is 17.6 Å². The number of fused-ring (bicyclic) bond motifs is 2. The van der Waals surface area contributed by atoms with Crippen LogP contribution < -0.4 is 10.6 Å². The molecule has 1 fully saturated rings. The van der Waals surface area contributed by atoms with Gasteiger partial charge in [-0.2, -0.15) is 4.52 Å². The first-order chi connectivity index (χ1) is 9.22. The second-order valence-corrected chi connectivity index (χ2v) is 7.27. The van der Waals surface area contributed by atoms with Gasteiger partial charge in [0.25, 0.3) is 0 Å². The topological polar surface area (TPSA) is 59.5 Å². The lowest BCUT2D eigenvalue weighted by Gasteiger charge is -2.24. The van der Waals surface area contributed by atoms with E-state index in [0.717, 1.165) is 33.3 Å². The number of anilines is 1. The molecule has 0 unspecified atom stereocenters. The Balaban J connectivity index is 1.63.